The van der Waals surface area contributed by atoms with Gasteiger partial charge in [0.15, 0.2) is 10.8 Å². The topological polar surface area (TPSA) is 100 Å². The molecule has 1 aliphatic rings. The minimum atomic E-state index is -1.80. The summed E-state index contributed by atoms with van der Waals surface area (Å²) in [4.78, 5) is 24.3. The summed E-state index contributed by atoms with van der Waals surface area (Å²) in [5, 5.41) is 19.1. The Hall–Kier alpha value is -2.08. The van der Waals surface area contributed by atoms with Crippen molar-refractivity contribution in [1.82, 2.24) is 0 Å². The summed E-state index contributed by atoms with van der Waals surface area (Å²) >= 11 is 0. The van der Waals surface area contributed by atoms with Gasteiger partial charge >= 0.3 is 11.9 Å². The van der Waals surface area contributed by atoms with E-state index in [9.17, 15) is 20.1 Å². The third-order valence-corrected chi connectivity index (χ3v) is 4.75. The summed E-state index contributed by atoms with van der Waals surface area (Å²) in [6.45, 7) is 3.63. The standard InChI is InChI=1S/C15H20N2O4/c1-5-6-7-8-13(2)14(9-16,11(18)20-3)15(13,10-17)12(19)21-4/h5-8H2,1-4H3/t14-,15-/m1/s1. The van der Waals surface area contributed by atoms with E-state index in [0.29, 0.717) is 12.8 Å². The molecule has 0 aromatic rings. The number of unbranched alkanes of at least 4 members (excludes halogenated alkanes) is 2. The van der Waals surface area contributed by atoms with Gasteiger partial charge in [-0.3, -0.25) is 9.59 Å². The number of rotatable bonds is 6. The second kappa shape index (κ2) is 5.73. The highest BCUT2D eigenvalue weighted by atomic mass is 16.5. The zero-order valence-electron chi connectivity index (χ0n) is 12.9. The molecule has 0 heterocycles. The van der Waals surface area contributed by atoms with Crippen LogP contribution < -0.4 is 0 Å². The lowest BCUT2D eigenvalue weighted by Gasteiger charge is -2.13. The van der Waals surface area contributed by atoms with E-state index in [-0.39, 0.29) is 0 Å². The van der Waals surface area contributed by atoms with Gasteiger partial charge in [-0.25, -0.2) is 0 Å². The van der Waals surface area contributed by atoms with Crippen molar-refractivity contribution in [2.24, 2.45) is 16.2 Å². The van der Waals surface area contributed by atoms with Crippen LogP contribution in [0.15, 0.2) is 0 Å². The Labute approximate surface area is 124 Å². The first-order valence-electron chi connectivity index (χ1n) is 6.89. The molecule has 0 bridgehead atoms. The number of ether oxygens (including phenoxy) is 2. The molecule has 0 radical (unpaired) electrons. The van der Waals surface area contributed by atoms with Gasteiger partial charge in [0.05, 0.1) is 26.4 Å². The molecule has 0 amide bonds. The highest BCUT2D eigenvalue weighted by Gasteiger charge is 2.95. The summed E-state index contributed by atoms with van der Waals surface area (Å²) in [6, 6.07) is 3.76. The molecule has 0 unspecified atom stereocenters. The predicted octanol–water partition coefficient (Wildman–Crippen LogP) is 1.95. The summed E-state index contributed by atoms with van der Waals surface area (Å²) < 4.78 is 9.40. The van der Waals surface area contributed by atoms with Gasteiger partial charge in [-0.2, -0.15) is 10.5 Å². The Balaban J connectivity index is 3.38. The van der Waals surface area contributed by atoms with Gasteiger partial charge in [-0.05, 0) is 6.42 Å². The number of nitrogens with zero attached hydrogens (tertiary/aromatic N) is 2. The molecule has 6 nitrogen and oxygen atoms in total. The number of carbonyl (C=O) groups excluding carboxylic acids is 2. The fraction of sp³-hybridized carbons (Fsp3) is 0.733. The van der Waals surface area contributed by atoms with Gasteiger partial charge in [0, 0.05) is 5.41 Å². The number of carbonyl (C=O) groups is 2. The summed E-state index contributed by atoms with van der Waals surface area (Å²) in [5.74, 6) is -1.70. The zero-order valence-corrected chi connectivity index (χ0v) is 12.9. The molecule has 0 saturated heterocycles. The first-order chi connectivity index (χ1) is 9.89. The predicted molar refractivity (Wildman–Crippen MR) is 72.4 cm³/mol. The Morgan fingerprint density at radius 1 is 1.00 bits per heavy atom. The Morgan fingerprint density at radius 3 is 1.71 bits per heavy atom. The number of methoxy groups -OCH3 is 2. The quantitative estimate of drug-likeness (QED) is 0.548. The molecular weight excluding hydrogens is 272 g/mol. The first kappa shape index (κ1) is 17.0. The molecule has 1 rings (SSSR count). The number of hydrogen-bond acceptors (Lipinski definition) is 6. The van der Waals surface area contributed by atoms with Gasteiger partial charge in [0.1, 0.15) is 0 Å². The van der Waals surface area contributed by atoms with Crippen LogP contribution in [-0.4, -0.2) is 26.2 Å². The van der Waals surface area contributed by atoms with Crippen LogP contribution in [0, 0.1) is 38.9 Å². The second-order valence-electron chi connectivity index (χ2n) is 5.50. The lowest BCUT2D eigenvalue weighted by molar-refractivity contribution is -0.153. The van der Waals surface area contributed by atoms with E-state index >= 15 is 0 Å². The van der Waals surface area contributed by atoms with Crippen molar-refractivity contribution in [2.45, 2.75) is 39.5 Å². The Morgan fingerprint density at radius 2 is 1.43 bits per heavy atom. The smallest absolute Gasteiger partial charge is 0.329 e. The third-order valence-electron chi connectivity index (χ3n) is 4.75. The molecule has 2 atom stereocenters. The van der Waals surface area contributed by atoms with Crippen molar-refractivity contribution in [3.8, 4) is 12.1 Å². The highest BCUT2D eigenvalue weighted by molar-refractivity contribution is 6.02. The van der Waals surface area contributed by atoms with Crippen LogP contribution in [0.3, 0.4) is 0 Å². The van der Waals surface area contributed by atoms with Crippen molar-refractivity contribution in [3.05, 3.63) is 0 Å². The van der Waals surface area contributed by atoms with Crippen molar-refractivity contribution < 1.29 is 19.1 Å². The summed E-state index contributed by atoms with van der Waals surface area (Å²) in [6.07, 6.45) is 2.96. The molecule has 0 spiro atoms. The van der Waals surface area contributed by atoms with E-state index in [4.69, 9.17) is 9.47 Å². The molecule has 114 valence electrons. The maximum atomic E-state index is 12.2. The Kier molecular flexibility index (Phi) is 4.63. The monoisotopic (exact) mass is 292 g/mol. The highest BCUT2D eigenvalue weighted by Crippen LogP contribution is 2.80. The van der Waals surface area contributed by atoms with E-state index in [1.54, 1.807) is 6.92 Å². The molecule has 1 saturated carbocycles. The SMILES string of the molecule is CCCCCC1(C)[C@@](C#N)(C(=O)OC)[C@]1(C#N)C(=O)OC. The maximum Gasteiger partial charge on any atom is 0.329 e. The molecule has 6 heteroatoms. The van der Waals surface area contributed by atoms with Crippen LogP contribution in [-0.2, 0) is 19.1 Å². The van der Waals surface area contributed by atoms with Crippen LogP contribution in [0.25, 0.3) is 0 Å². The maximum absolute atomic E-state index is 12.2. The van der Waals surface area contributed by atoms with E-state index in [1.807, 2.05) is 19.1 Å². The van der Waals surface area contributed by atoms with E-state index < -0.39 is 28.2 Å². The summed E-state index contributed by atoms with van der Waals surface area (Å²) in [7, 11) is 2.29. The minimum Gasteiger partial charge on any atom is -0.468 e. The van der Waals surface area contributed by atoms with Crippen molar-refractivity contribution in [3.63, 3.8) is 0 Å². The largest absolute Gasteiger partial charge is 0.468 e. The fourth-order valence-corrected chi connectivity index (χ4v) is 3.46. The number of hydrogen-bond donors (Lipinski definition) is 0. The lowest BCUT2D eigenvalue weighted by atomic mass is 9.89. The number of esters is 2. The van der Waals surface area contributed by atoms with Crippen LogP contribution in [0.4, 0.5) is 0 Å². The molecular formula is C15H20N2O4. The average Bonchev–Trinajstić information content (AvgIpc) is 3.00. The molecule has 1 aliphatic carbocycles. The van der Waals surface area contributed by atoms with Gasteiger partial charge in [-0.15, -0.1) is 0 Å². The van der Waals surface area contributed by atoms with Gasteiger partial charge in [0.2, 0.25) is 0 Å². The molecule has 1 fully saturated rings. The van der Waals surface area contributed by atoms with E-state index in [0.717, 1.165) is 27.1 Å². The van der Waals surface area contributed by atoms with Gasteiger partial charge < -0.3 is 9.47 Å². The van der Waals surface area contributed by atoms with Crippen LogP contribution in [0.1, 0.15) is 39.5 Å². The lowest BCUT2D eigenvalue weighted by Crippen LogP contribution is -2.29. The molecule has 21 heavy (non-hydrogen) atoms. The normalized spacial score (nSPS) is 33.4. The number of nitriles is 2. The van der Waals surface area contributed by atoms with E-state index in [1.165, 1.54) is 0 Å². The molecule has 0 N–H and O–H groups in total. The average molecular weight is 292 g/mol. The zero-order chi connectivity index (χ0) is 16.3. The van der Waals surface area contributed by atoms with Gasteiger partial charge in [0.25, 0.3) is 0 Å². The van der Waals surface area contributed by atoms with Crippen molar-refractivity contribution >= 4 is 11.9 Å². The molecule has 0 aliphatic heterocycles. The molecule has 0 aromatic heterocycles. The van der Waals surface area contributed by atoms with Crippen molar-refractivity contribution in [1.29, 1.82) is 10.5 Å². The summed E-state index contributed by atoms with van der Waals surface area (Å²) in [5.41, 5.74) is -4.70. The van der Waals surface area contributed by atoms with Gasteiger partial charge in [-0.1, -0.05) is 33.1 Å². The van der Waals surface area contributed by atoms with Crippen LogP contribution >= 0.6 is 0 Å². The molecule has 0 aromatic carbocycles. The fourth-order valence-electron chi connectivity index (χ4n) is 3.46. The third kappa shape index (κ3) is 1.75. The second-order valence-corrected chi connectivity index (χ2v) is 5.50. The van der Waals surface area contributed by atoms with E-state index in [2.05, 4.69) is 0 Å². The first-order valence-corrected chi connectivity index (χ1v) is 6.89. The Bertz CT molecular complexity index is 491. The van der Waals surface area contributed by atoms with Crippen molar-refractivity contribution in [2.75, 3.05) is 14.2 Å². The minimum absolute atomic E-state index is 0.409. The van der Waals surface area contributed by atoms with Crippen LogP contribution in [0.5, 0.6) is 0 Å². The van der Waals surface area contributed by atoms with Crippen LogP contribution in [0.2, 0.25) is 0 Å².